The summed E-state index contributed by atoms with van der Waals surface area (Å²) in [7, 11) is -4.98. The molecule has 0 radical (unpaired) electrons. The Morgan fingerprint density at radius 1 is 1.00 bits per heavy atom. The maximum Gasteiger partial charge on any atom is 0.524 e. The second-order valence-electron chi connectivity index (χ2n) is 15.0. The van der Waals surface area contributed by atoms with E-state index in [1.165, 1.54) is 30.5 Å². The second kappa shape index (κ2) is 17.2. The summed E-state index contributed by atoms with van der Waals surface area (Å²) in [6.07, 6.45) is -0.155. The number of fused-ring (bicyclic) bond motifs is 1. The van der Waals surface area contributed by atoms with Crippen LogP contribution in [-0.2, 0) is 30.7 Å². The van der Waals surface area contributed by atoms with Crippen LogP contribution in [-0.4, -0.2) is 60.4 Å². The molecule has 0 fully saturated rings. The summed E-state index contributed by atoms with van der Waals surface area (Å²) < 4.78 is 37.5. The fourth-order valence-electron chi connectivity index (χ4n) is 6.64. The quantitative estimate of drug-likeness (QED) is 0.0667. The van der Waals surface area contributed by atoms with Crippen LogP contribution < -0.4 is 15.6 Å². The van der Waals surface area contributed by atoms with Gasteiger partial charge < -0.3 is 25.4 Å². The third-order valence-electron chi connectivity index (χ3n) is 9.02. The number of aryl methyl sites for hydroxylation is 2. The van der Waals surface area contributed by atoms with E-state index in [2.05, 4.69) is 15.3 Å². The monoisotopic (exact) mass is 766 g/mol. The average molecular weight is 767 g/mol. The average Bonchev–Trinajstić information content (AvgIpc) is 3.03. The van der Waals surface area contributed by atoms with E-state index in [1.54, 1.807) is 77.9 Å². The fourth-order valence-corrected chi connectivity index (χ4v) is 7.04. The van der Waals surface area contributed by atoms with Gasteiger partial charge in [0.25, 0.3) is 5.91 Å². The molecule has 0 aliphatic carbocycles. The van der Waals surface area contributed by atoms with Crippen molar-refractivity contribution in [2.24, 2.45) is 11.7 Å². The topological polar surface area (TPSA) is 211 Å². The minimum Gasteiger partial charge on any atom is -0.460 e. The van der Waals surface area contributed by atoms with Crippen molar-refractivity contribution in [2.75, 3.05) is 0 Å². The number of nitrogens with one attached hydrogen (secondary N) is 1. The van der Waals surface area contributed by atoms with Crippen LogP contribution in [0.4, 0.5) is 4.39 Å². The summed E-state index contributed by atoms with van der Waals surface area (Å²) >= 11 is 0. The lowest BCUT2D eigenvalue weighted by Crippen LogP contribution is -2.49. The molecule has 0 aliphatic heterocycles. The van der Waals surface area contributed by atoms with E-state index in [-0.39, 0.29) is 43.5 Å². The molecule has 1 aromatic heterocycles. The lowest BCUT2D eigenvalue weighted by Gasteiger charge is -2.33. The molecule has 6 N–H and O–H groups in total. The Bertz CT molecular complexity index is 2050. The van der Waals surface area contributed by atoms with Crippen molar-refractivity contribution in [2.45, 2.75) is 96.8 Å². The number of aliphatic hydroxyl groups is 1. The van der Waals surface area contributed by atoms with Crippen molar-refractivity contribution in [3.05, 3.63) is 101 Å². The highest BCUT2D eigenvalue weighted by molar-refractivity contribution is 7.46. The molecule has 13 nitrogen and oxygen atoms in total. The van der Waals surface area contributed by atoms with Gasteiger partial charge >= 0.3 is 13.8 Å². The lowest BCUT2D eigenvalue weighted by atomic mass is 9.78. The van der Waals surface area contributed by atoms with E-state index >= 15 is 0 Å². The molecule has 3 aromatic carbocycles. The largest absolute Gasteiger partial charge is 0.524 e. The Morgan fingerprint density at radius 3 is 2.31 bits per heavy atom. The van der Waals surface area contributed by atoms with Gasteiger partial charge in [-0.1, -0.05) is 44.2 Å². The zero-order valence-corrected chi connectivity index (χ0v) is 32.1. The van der Waals surface area contributed by atoms with Gasteiger partial charge in [0.05, 0.1) is 35.3 Å². The lowest BCUT2D eigenvalue weighted by molar-refractivity contribution is -0.153. The SMILES string of the molecule is Cc1cc(C)c(C(C)(C)CC(=O)O[C@@H](C[C@@H](CCC(C)(C)O)C(N)=O)[C@H](Cc2cccc(F)c2)NC(=O)c2cnc3ccccc3n2)c(OP(=O)(O)O)c1. The first kappa shape index (κ1) is 42.0. The molecule has 0 unspecified atom stereocenters. The number of hydrogen-bond acceptors (Lipinski definition) is 9. The summed E-state index contributed by atoms with van der Waals surface area (Å²) in [5.74, 6) is -3.71. The molecule has 0 spiro atoms. The normalized spacial score (nSPS) is 13.9. The summed E-state index contributed by atoms with van der Waals surface area (Å²) in [6, 6.07) is 14.9. The van der Waals surface area contributed by atoms with Crippen LogP contribution in [0.3, 0.4) is 0 Å². The Hall–Kier alpha value is -4.75. The Labute approximate surface area is 313 Å². The van der Waals surface area contributed by atoms with Crippen LogP contribution in [0.15, 0.2) is 66.9 Å². The molecule has 4 rings (SSSR count). The minimum atomic E-state index is -4.98. The highest BCUT2D eigenvalue weighted by atomic mass is 31.2. The molecule has 0 saturated heterocycles. The van der Waals surface area contributed by atoms with Gasteiger partial charge in [0.15, 0.2) is 0 Å². The number of nitrogens with zero attached hydrogens (tertiary/aromatic N) is 2. The molecular formula is C39H48FN4O9P. The zero-order chi connectivity index (χ0) is 40.0. The van der Waals surface area contributed by atoms with Crippen LogP contribution in [0.1, 0.15) is 86.1 Å². The summed E-state index contributed by atoms with van der Waals surface area (Å²) in [4.78, 5) is 68.7. The van der Waals surface area contributed by atoms with Crippen molar-refractivity contribution < 1.29 is 47.5 Å². The third kappa shape index (κ3) is 12.1. The number of nitrogens with two attached hydrogens (primary N) is 1. The highest BCUT2D eigenvalue weighted by Gasteiger charge is 2.37. The van der Waals surface area contributed by atoms with Crippen molar-refractivity contribution in [3.63, 3.8) is 0 Å². The van der Waals surface area contributed by atoms with E-state index in [0.717, 1.165) is 0 Å². The number of halogens is 1. The van der Waals surface area contributed by atoms with Crippen LogP contribution in [0.2, 0.25) is 0 Å². The smallest absolute Gasteiger partial charge is 0.460 e. The first-order valence-electron chi connectivity index (χ1n) is 17.5. The van der Waals surface area contributed by atoms with Crippen LogP contribution in [0, 0.1) is 25.6 Å². The maximum absolute atomic E-state index is 14.4. The van der Waals surface area contributed by atoms with E-state index < -0.39 is 60.5 Å². The van der Waals surface area contributed by atoms with Gasteiger partial charge in [-0.15, -0.1) is 0 Å². The van der Waals surface area contributed by atoms with Gasteiger partial charge in [0.1, 0.15) is 23.4 Å². The Kier molecular flexibility index (Phi) is 13.3. The van der Waals surface area contributed by atoms with Crippen molar-refractivity contribution in [1.82, 2.24) is 15.3 Å². The number of phosphoric ester groups is 1. The molecule has 4 aromatic rings. The first-order valence-corrected chi connectivity index (χ1v) is 19.0. The molecule has 290 valence electrons. The number of hydrogen-bond donors (Lipinski definition) is 5. The van der Waals surface area contributed by atoms with Gasteiger partial charge in [0, 0.05) is 16.9 Å². The van der Waals surface area contributed by atoms with Gasteiger partial charge in [-0.2, -0.15) is 0 Å². The molecule has 0 saturated carbocycles. The van der Waals surface area contributed by atoms with Gasteiger partial charge in [0.2, 0.25) is 5.91 Å². The highest BCUT2D eigenvalue weighted by Crippen LogP contribution is 2.45. The number of phosphoric acid groups is 1. The molecule has 15 heteroatoms. The van der Waals surface area contributed by atoms with E-state index in [9.17, 15) is 38.2 Å². The van der Waals surface area contributed by atoms with E-state index in [1.807, 2.05) is 0 Å². The number of amides is 2. The number of carbonyl (C=O) groups excluding carboxylic acids is 3. The van der Waals surface area contributed by atoms with Gasteiger partial charge in [-0.05, 0) is 100 Å². The molecular weight excluding hydrogens is 718 g/mol. The van der Waals surface area contributed by atoms with Gasteiger partial charge in [-0.25, -0.2) is 13.9 Å². The van der Waals surface area contributed by atoms with E-state index in [0.29, 0.717) is 33.3 Å². The zero-order valence-electron chi connectivity index (χ0n) is 31.2. The van der Waals surface area contributed by atoms with E-state index in [4.69, 9.17) is 15.0 Å². The summed E-state index contributed by atoms with van der Waals surface area (Å²) in [5.41, 5.74) is 6.68. The number of esters is 1. The molecule has 3 atom stereocenters. The fraction of sp³-hybridized carbons (Fsp3) is 0.410. The Balaban J connectivity index is 1.75. The van der Waals surface area contributed by atoms with Crippen LogP contribution >= 0.6 is 7.82 Å². The second-order valence-corrected chi connectivity index (χ2v) is 16.1. The third-order valence-corrected chi connectivity index (χ3v) is 9.46. The molecule has 0 aliphatic rings. The summed E-state index contributed by atoms with van der Waals surface area (Å²) in [6.45, 7) is 10.0. The number of primary amides is 1. The molecule has 54 heavy (non-hydrogen) atoms. The predicted molar refractivity (Wildman–Crippen MR) is 200 cm³/mol. The number of benzene rings is 3. The Morgan fingerprint density at radius 2 is 1.69 bits per heavy atom. The molecule has 2 amide bonds. The van der Waals surface area contributed by atoms with Crippen molar-refractivity contribution in [3.8, 4) is 5.75 Å². The maximum atomic E-state index is 14.4. The van der Waals surface area contributed by atoms with Crippen LogP contribution in [0.25, 0.3) is 11.0 Å². The first-order chi connectivity index (χ1) is 25.1. The standard InChI is InChI=1S/C39H48FN4O9P/c1-23-16-24(2)35(33(17-23)53-54(49,50)51)38(3,4)21-34(45)52-32(20-26(36(41)46)14-15-39(5,6)48)30(19-25-10-9-11-27(40)18-25)44-37(47)31-22-42-28-12-7-8-13-29(28)43-31/h7-13,16-18,22,26,30,32,48H,14-15,19-21H2,1-6H3,(H2,41,46)(H,44,47)(H2,49,50,51)/t26-,30+,32+/m1/s1. The molecule has 1 heterocycles. The van der Waals surface area contributed by atoms with Crippen molar-refractivity contribution >= 4 is 36.6 Å². The number of para-hydroxylation sites is 2. The number of rotatable bonds is 17. The number of aromatic nitrogens is 2. The predicted octanol–water partition coefficient (Wildman–Crippen LogP) is 5.52. The molecule has 0 bridgehead atoms. The minimum absolute atomic E-state index is 0.0370. The van der Waals surface area contributed by atoms with Crippen molar-refractivity contribution in [1.29, 1.82) is 0 Å². The van der Waals surface area contributed by atoms with Gasteiger partial charge in [-0.3, -0.25) is 29.2 Å². The summed E-state index contributed by atoms with van der Waals surface area (Å²) in [5, 5.41) is 13.3. The van der Waals surface area contributed by atoms with Crippen LogP contribution in [0.5, 0.6) is 5.75 Å². The number of ether oxygens (including phenoxy) is 1. The number of carbonyl (C=O) groups is 3.